The molecule has 3 aromatic carbocycles. The number of benzene rings is 3. The molecule has 29 heavy (non-hydrogen) atoms. The van der Waals surface area contributed by atoms with Crippen LogP contribution in [0.4, 0.5) is 0 Å². The van der Waals surface area contributed by atoms with Crippen molar-refractivity contribution in [2.45, 2.75) is 25.0 Å². The summed E-state index contributed by atoms with van der Waals surface area (Å²) in [6.07, 6.45) is 1.15. The van der Waals surface area contributed by atoms with Gasteiger partial charge in [0.1, 0.15) is 0 Å². The minimum absolute atomic E-state index is 0.175. The van der Waals surface area contributed by atoms with Crippen molar-refractivity contribution in [3.63, 3.8) is 0 Å². The highest BCUT2D eigenvalue weighted by Crippen LogP contribution is 2.28. The van der Waals surface area contributed by atoms with Gasteiger partial charge in [0.05, 0.1) is 20.3 Å². The van der Waals surface area contributed by atoms with E-state index in [1.54, 1.807) is 14.2 Å². The van der Waals surface area contributed by atoms with Crippen LogP contribution in [0.1, 0.15) is 22.8 Å². The highest BCUT2D eigenvalue weighted by molar-refractivity contribution is 5.43. The van der Waals surface area contributed by atoms with Crippen LogP contribution in [0.25, 0.3) is 0 Å². The van der Waals surface area contributed by atoms with E-state index in [2.05, 4.69) is 35.6 Å². The Morgan fingerprint density at radius 3 is 2.03 bits per heavy atom. The Bertz CT molecular complexity index is 868. The molecule has 2 atom stereocenters. The van der Waals surface area contributed by atoms with Crippen LogP contribution in [-0.2, 0) is 12.8 Å². The van der Waals surface area contributed by atoms with E-state index in [1.807, 2.05) is 48.5 Å². The molecule has 3 rings (SSSR count). The number of rotatable bonds is 10. The minimum Gasteiger partial charge on any atom is -0.493 e. The van der Waals surface area contributed by atoms with Gasteiger partial charge in [-0.2, -0.15) is 0 Å². The molecule has 0 aromatic heterocycles. The molecule has 0 aliphatic carbocycles. The summed E-state index contributed by atoms with van der Waals surface area (Å²) in [6.45, 7) is 0.495. The van der Waals surface area contributed by atoms with Crippen LogP contribution in [-0.4, -0.2) is 31.9 Å². The van der Waals surface area contributed by atoms with Crippen LogP contribution in [0.3, 0.4) is 0 Å². The molecule has 3 aromatic rings. The van der Waals surface area contributed by atoms with Crippen molar-refractivity contribution in [1.29, 1.82) is 0 Å². The van der Waals surface area contributed by atoms with Crippen molar-refractivity contribution in [2.24, 2.45) is 0 Å². The Kier molecular flexibility index (Phi) is 7.68. The second-order valence-electron chi connectivity index (χ2n) is 7.11. The number of methoxy groups -OCH3 is 2. The second kappa shape index (κ2) is 10.6. The van der Waals surface area contributed by atoms with Crippen LogP contribution >= 0.6 is 0 Å². The molecule has 0 bridgehead atoms. The average Bonchev–Trinajstić information content (AvgIpc) is 2.78. The largest absolute Gasteiger partial charge is 0.493 e. The van der Waals surface area contributed by atoms with Crippen LogP contribution in [0.5, 0.6) is 11.5 Å². The first-order valence-electron chi connectivity index (χ1n) is 9.91. The molecule has 0 aliphatic heterocycles. The van der Waals surface area contributed by atoms with Crippen molar-refractivity contribution in [2.75, 3.05) is 20.8 Å². The highest BCUT2D eigenvalue weighted by atomic mass is 16.5. The third kappa shape index (κ3) is 6.08. The fourth-order valence-corrected chi connectivity index (χ4v) is 3.48. The Labute approximate surface area is 173 Å². The molecule has 2 N–H and O–H groups in total. The Hall–Kier alpha value is -2.82. The van der Waals surface area contributed by atoms with Gasteiger partial charge in [0.2, 0.25) is 0 Å². The van der Waals surface area contributed by atoms with Gasteiger partial charge >= 0.3 is 0 Å². The lowest BCUT2D eigenvalue weighted by Gasteiger charge is -2.22. The molecule has 4 nitrogen and oxygen atoms in total. The maximum Gasteiger partial charge on any atom is 0.160 e. The van der Waals surface area contributed by atoms with Gasteiger partial charge in [-0.1, -0.05) is 66.7 Å². The Morgan fingerprint density at radius 1 is 0.759 bits per heavy atom. The zero-order chi connectivity index (χ0) is 20.5. The smallest absolute Gasteiger partial charge is 0.160 e. The summed E-state index contributed by atoms with van der Waals surface area (Å²) in [5.74, 6) is 1.45. The average molecular weight is 392 g/mol. The summed E-state index contributed by atoms with van der Waals surface area (Å²) in [5.41, 5.74) is 3.34. The summed E-state index contributed by atoms with van der Waals surface area (Å²) >= 11 is 0. The van der Waals surface area contributed by atoms with E-state index in [0.29, 0.717) is 6.54 Å². The number of hydrogen-bond acceptors (Lipinski definition) is 4. The fourth-order valence-electron chi connectivity index (χ4n) is 3.48. The van der Waals surface area contributed by atoms with Gasteiger partial charge in [-0.05, 0) is 41.7 Å². The third-order valence-corrected chi connectivity index (χ3v) is 5.04. The predicted octanol–water partition coefficient (Wildman–Crippen LogP) is 4.18. The molecule has 0 aliphatic rings. The Morgan fingerprint density at radius 2 is 1.38 bits per heavy atom. The van der Waals surface area contributed by atoms with Gasteiger partial charge in [-0.15, -0.1) is 0 Å². The fraction of sp³-hybridized carbons (Fsp3) is 0.280. The first-order valence-corrected chi connectivity index (χ1v) is 9.91. The SMILES string of the molecule is COc1ccc(CC(Cc2ccccc2)NCC(O)c2ccccc2)cc1OC. The molecule has 2 unspecified atom stereocenters. The molecule has 0 spiro atoms. The highest BCUT2D eigenvalue weighted by Gasteiger charge is 2.15. The van der Waals surface area contributed by atoms with Crippen LogP contribution < -0.4 is 14.8 Å². The van der Waals surface area contributed by atoms with Crippen molar-refractivity contribution in [3.05, 3.63) is 95.6 Å². The summed E-state index contributed by atoms with van der Waals surface area (Å²) < 4.78 is 10.8. The van der Waals surface area contributed by atoms with Crippen molar-refractivity contribution in [3.8, 4) is 11.5 Å². The molecular formula is C25H29NO3. The normalized spacial score (nSPS) is 12.9. The monoisotopic (exact) mass is 391 g/mol. The molecule has 0 heterocycles. The topological polar surface area (TPSA) is 50.7 Å². The number of ether oxygens (including phenoxy) is 2. The lowest BCUT2D eigenvalue weighted by atomic mass is 9.98. The van der Waals surface area contributed by atoms with Crippen molar-refractivity contribution in [1.82, 2.24) is 5.32 Å². The van der Waals surface area contributed by atoms with E-state index in [4.69, 9.17) is 9.47 Å². The van der Waals surface area contributed by atoms with E-state index in [9.17, 15) is 5.11 Å². The van der Waals surface area contributed by atoms with E-state index in [1.165, 1.54) is 5.56 Å². The zero-order valence-electron chi connectivity index (χ0n) is 17.0. The number of nitrogens with one attached hydrogen (secondary N) is 1. The van der Waals surface area contributed by atoms with Crippen LogP contribution in [0, 0.1) is 0 Å². The predicted molar refractivity (Wildman–Crippen MR) is 117 cm³/mol. The van der Waals surface area contributed by atoms with Crippen LogP contribution in [0.2, 0.25) is 0 Å². The molecule has 0 saturated heterocycles. The first-order chi connectivity index (χ1) is 14.2. The molecule has 0 fully saturated rings. The molecule has 0 saturated carbocycles. The maximum atomic E-state index is 10.6. The number of aliphatic hydroxyl groups excluding tert-OH is 1. The number of aliphatic hydroxyl groups is 1. The van der Waals surface area contributed by atoms with Crippen molar-refractivity contribution >= 4 is 0 Å². The molecular weight excluding hydrogens is 362 g/mol. The third-order valence-electron chi connectivity index (χ3n) is 5.04. The molecule has 0 amide bonds. The Balaban J connectivity index is 1.72. The summed E-state index contributed by atoms with van der Waals surface area (Å²) in [6, 6.07) is 26.4. The second-order valence-corrected chi connectivity index (χ2v) is 7.11. The maximum absolute atomic E-state index is 10.6. The summed E-state index contributed by atoms with van der Waals surface area (Å²) in [7, 11) is 3.29. The van der Waals surface area contributed by atoms with Gasteiger partial charge in [0, 0.05) is 12.6 Å². The molecule has 4 heteroatoms. The van der Waals surface area contributed by atoms with E-state index >= 15 is 0 Å². The van der Waals surface area contributed by atoms with E-state index in [-0.39, 0.29) is 6.04 Å². The summed E-state index contributed by atoms with van der Waals surface area (Å²) in [4.78, 5) is 0. The lowest BCUT2D eigenvalue weighted by molar-refractivity contribution is 0.169. The van der Waals surface area contributed by atoms with Gasteiger partial charge in [-0.3, -0.25) is 0 Å². The summed E-state index contributed by atoms with van der Waals surface area (Å²) in [5, 5.41) is 14.1. The van der Waals surface area contributed by atoms with Gasteiger partial charge < -0.3 is 19.9 Å². The zero-order valence-corrected chi connectivity index (χ0v) is 17.0. The molecule has 152 valence electrons. The minimum atomic E-state index is -0.542. The first kappa shape index (κ1) is 20.9. The number of hydrogen-bond donors (Lipinski definition) is 2. The van der Waals surface area contributed by atoms with Gasteiger partial charge in [-0.25, -0.2) is 0 Å². The van der Waals surface area contributed by atoms with Gasteiger partial charge in [0.15, 0.2) is 11.5 Å². The standard InChI is InChI=1S/C25H29NO3/c1-28-24-14-13-20(17-25(24)29-2)16-22(15-19-9-5-3-6-10-19)26-18-23(27)21-11-7-4-8-12-21/h3-14,17,22-23,26-27H,15-16,18H2,1-2H3. The van der Waals surface area contributed by atoms with Crippen LogP contribution in [0.15, 0.2) is 78.9 Å². The van der Waals surface area contributed by atoms with E-state index < -0.39 is 6.10 Å². The molecule has 0 radical (unpaired) electrons. The quantitative estimate of drug-likeness (QED) is 0.544. The van der Waals surface area contributed by atoms with Gasteiger partial charge in [0.25, 0.3) is 0 Å². The lowest BCUT2D eigenvalue weighted by Crippen LogP contribution is -2.36. The van der Waals surface area contributed by atoms with E-state index in [0.717, 1.165) is 35.5 Å². The van der Waals surface area contributed by atoms with Crippen molar-refractivity contribution < 1.29 is 14.6 Å².